The second kappa shape index (κ2) is 8.98. The number of anilines is 1. The Labute approximate surface area is 177 Å². The van der Waals surface area contributed by atoms with Gasteiger partial charge in [-0.2, -0.15) is 0 Å². The van der Waals surface area contributed by atoms with Crippen molar-refractivity contribution >= 4 is 21.3 Å². The van der Waals surface area contributed by atoms with Crippen molar-refractivity contribution in [1.29, 1.82) is 0 Å². The van der Waals surface area contributed by atoms with Crippen LogP contribution in [0.2, 0.25) is 0 Å². The van der Waals surface area contributed by atoms with Crippen LogP contribution in [0.3, 0.4) is 0 Å². The smallest absolute Gasteiger partial charge is 0.399 e. The topological polar surface area (TPSA) is 224 Å². The lowest BCUT2D eigenvalue weighted by Gasteiger charge is -2.19. The molecular formula is C15H18FN3O11P2. The number of phosphoric ester groups is 2. The van der Waals surface area contributed by atoms with Crippen LogP contribution in [0, 0.1) is 0 Å². The van der Waals surface area contributed by atoms with Gasteiger partial charge in [0.2, 0.25) is 0 Å². The van der Waals surface area contributed by atoms with E-state index in [0.717, 1.165) is 6.20 Å². The number of H-pyrrole nitrogens is 1. The fourth-order valence-corrected chi connectivity index (χ4v) is 3.96. The molecule has 1 aromatic carbocycles. The van der Waals surface area contributed by atoms with E-state index in [1.165, 1.54) is 24.3 Å². The number of rotatable bonds is 7. The summed E-state index contributed by atoms with van der Waals surface area (Å²) >= 11 is 0. The molecule has 14 nitrogen and oxygen atoms in total. The van der Waals surface area contributed by atoms with E-state index in [0.29, 0.717) is 15.8 Å². The Kier molecular flexibility index (Phi) is 6.86. The summed E-state index contributed by atoms with van der Waals surface area (Å²) in [4.78, 5) is 62.3. The summed E-state index contributed by atoms with van der Waals surface area (Å²) in [5.74, 6) is 0. The summed E-state index contributed by atoms with van der Waals surface area (Å²) in [6.45, 7) is -1.02. The molecule has 0 radical (unpaired) electrons. The minimum absolute atomic E-state index is 0.0808. The molecule has 1 aliphatic rings. The van der Waals surface area contributed by atoms with E-state index >= 15 is 4.39 Å². The molecule has 176 valence electrons. The number of nitrogen functional groups attached to an aromatic ring is 1. The first-order chi connectivity index (χ1) is 14.7. The lowest BCUT2D eigenvalue weighted by Crippen LogP contribution is -2.37. The number of ether oxygens (including phenoxy) is 1. The van der Waals surface area contributed by atoms with Crippen molar-refractivity contribution in [1.82, 2.24) is 9.55 Å². The van der Waals surface area contributed by atoms with Gasteiger partial charge in [-0.05, 0) is 17.7 Å². The van der Waals surface area contributed by atoms with Crippen molar-refractivity contribution in [3.8, 4) is 11.1 Å². The van der Waals surface area contributed by atoms with Gasteiger partial charge in [-0.1, -0.05) is 12.1 Å². The predicted octanol–water partition coefficient (Wildman–Crippen LogP) is -0.392. The van der Waals surface area contributed by atoms with E-state index in [-0.39, 0.29) is 5.56 Å². The zero-order chi connectivity index (χ0) is 23.8. The second-order valence-corrected chi connectivity index (χ2v) is 9.12. The molecule has 0 saturated carbocycles. The molecule has 0 spiro atoms. The molecule has 3 rings (SSSR count). The third kappa shape index (κ3) is 5.78. The number of halogens is 1. The molecule has 0 unspecified atom stereocenters. The Bertz CT molecular complexity index is 1190. The van der Waals surface area contributed by atoms with Gasteiger partial charge in [0.1, 0.15) is 12.2 Å². The first kappa shape index (κ1) is 24.5. The van der Waals surface area contributed by atoms with Crippen LogP contribution in [0.25, 0.3) is 11.1 Å². The largest absolute Gasteiger partial charge is 0.470 e. The number of aromatic nitrogens is 2. The predicted molar refractivity (Wildman–Crippen MR) is 105 cm³/mol. The number of phosphoric acid groups is 2. The van der Waals surface area contributed by atoms with Gasteiger partial charge in [-0.15, -0.1) is 0 Å². The number of alkyl halides is 1. The zero-order valence-electron chi connectivity index (χ0n) is 15.8. The van der Waals surface area contributed by atoms with Crippen molar-refractivity contribution in [2.75, 3.05) is 12.3 Å². The molecule has 1 fully saturated rings. The summed E-state index contributed by atoms with van der Waals surface area (Å²) < 4.78 is 51.7. The van der Waals surface area contributed by atoms with Gasteiger partial charge in [0.15, 0.2) is 12.4 Å². The fourth-order valence-electron chi connectivity index (χ4n) is 3.05. The number of hydrogen-bond acceptors (Lipinski definition) is 8. The average molecular weight is 497 g/mol. The van der Waals surface area contributed by atoms with E-state index in [1.807, 2.05) is 4.98 Å². The fraction of sp³-hybridized carbons (Fsp3) is 0.333. The molecule has 0 amide bonds. The number of nitrogens with one attached hydrogen (secondary N) is 1. The third-order valence-corrected chi connectivity index (χ3v) is 5.40. The number of nitrogens with two attached hydrogens (primary N) is 1. The molecule has 0 aliphatic carbocycles. The molecule has 2 aromatic rings. The van der Waals surface area contributed by atoms with Crippen LogP contribution in [-0.2, 0) is 22.9 Å². The van der Waals surface area contributed by atoms with Gasteiger partial charge in [0.25, 0.3) is 5.56 Å². The Balaban J connectivity index is 2.00. The quantitative estimate of drug-likeness (QED) is 0.212. The summed E-state index contributed by atoms with van der Waals surface area (Å²) in [7, 11) is -10.3. The summed E-state index contributed by atoms with van der Waals surface area (Å²) in [5.41, 5.74) is 4.30. The van der Waals surface area contributed by atoms with Crippen molar-refractivity contribution in [2.45, 2.75) is 24.6 Å². The van der Waals surface area contributed by atoms with Crippen LogP contribution in [0.1, 0.15) is 6.23 Å². The molecule has 4 atom stereocenters. The average Bonchev–Trinajstić information content (AvgIpc) is 2.95. The first-order valence-corrected chi connectivity index (χ1v) is 11.8. The molecule has 7 N–H and O–H groups in total. The summed E-state index contributed by atoms with van der Waals surface area (Å²) in [5, 5.41) is 0. The normalized spacial score (nSPS) is 24.0. The Morgan fingerprint density at radius 1 is 1.12 bits per heavy atom. The lowest BCUT2D eigenvalue weighted by atomic mass is 10.1. The van der Waals surface area contributed by atoms with Crippen LogP contribution in [0.5, 0.6) is 0 Å². The number of aromatic amines is 1. The second-order valence-electron chi connectivity index (χ2n) is 6.69. The SMILES string of the molecule is Nc1ccc(-c2cn([C@@H]3O[C@H](COP(=O)(O)O)[C@@H](OP(=O)(O)O)[C@@H]3F)c(=O)[nH]c2=O)cc1. The van der Waals surface area contributed by atoms with Gasteiger partial charge >= 0.3 is 21.3 Å². The molecule has 17 heteroatoms. The van der Waals surface area contributed by atoms with Gasteiger partial charge in [0.05, 0.1) is 12.2 Å². The van der Waals surface area contributed by atoms with Crippen LogP contribution < -0.4 is 17.0 Å². The molecule has 1 saturated heterocycles. The molecule has 0 bridgehead atoms. The third-order valence-electron chi connectivity index (χ3n) is 4.40. The van der Waals surface area contributed by atoms with Gasteiger partial charge in [-0.3, -0.25) is 23.4 Å². The number of benzene rings is 1. The number of nitrogens with zero attached hydrogens (tertiary/aromatic N) is 1. The minimum Gasteiger partial charge on any atom is -0.399 e. The maximum absolute atomic E-state index is 15.1. The van der Waals surface area contributed by atoms with E-state index < -0.39 is 58.1 Å². The first-order valence-electron chi connectivity index (χ1n) is 8.70. The van der Waals surface area contributed by atoms with Gasteiger partial charge in [-0.25, -0.2) is 18.3 Å². The van der Waals surface area contributed by atoms with Gasteiger partial charge in [0, 0.05) is 11.9 Å². The molecule has 1 aromatic heterocycles. The highest BCUT2D eigenvalue weighted by atomic mass is 31.2. The molecule has 1 aliphatic heterocycles. The summed E-state index contributed by atoms with van der Waals surface area (Å²) in [6, 6.07) is 5.89. The van der Waals surface area contributed by atoms with E-state index in [2.05, 4.69) is 9.05 Å². The van der Waals surface area contributed by atoms with Crippen molar-refractivity contribution in [3.05, 3.63) is 51.3 Å². The van der Waals surface area contributed by atoms with Gasteiger partial charge < -0.3 is 30.0 Å². The lowest BCUT2D eigenvalue weighted by molar-refractivity contribution is -0.0478. The van der Waals surface area contributed by atoms with Crippen molar-refractivity contribution in [2.24, 2.45) is 0 Å². The highest BCUT2D eigenvalue weighted by Gasteiger charge is 2.50. The minimum atomic E-state index is -5.28. The van der Waals surface area contributed by atoms with E-state index in [9.17, 15) is 18.7 Å². The van der Waals surface area contributed by atoms with Crippen LogP contribution in [0.4, 0.5) is 10.1 Å². The molecule has 32 heavy (non-hydrogen) atoms. The van der Waals surface area contributed by atoms with Crippen molar-refractivity contribution < 1.29 is 46.9 Å². The Hall–Kier alpha value is -2.19. The van der Waals surface area contributed by atoms with E-state index in [4.69, 9.17) is 30.0 Å². The Morgan fingerprint density at radius 3 is 2.31 bits per heavy atom. The van der Waals surface area contributed by atoms with Crippen LogP contribution >= 0.6 is 15.6 Å². The highest BCUT2D eigenvalue weighted by Crippen LogP contribution is 2.46. The standard InChI is InChI=1S/C15H18FN3O11P2/c16-11-12(30-32(25,26)27)10(6-28-31(22,23)24)29-14(11)19-5-9(13(20)18-15(19)21)7-1-3-8(17)4-2-7/h1-5,10-12,14H,6,17H2,(H,18,20,21)(H2,22,23,24)(H2,25,26,27)/t10-,11+,12-,14-/m1/s1. The molecular weight excluding hydrogens is 479 g/mol. The van der Waals surface area contributed by atoms with E-state index in [1.54, 1.807) is 0 Å². The number of hydrogen-bond donors (Lipinski definition) is 6. The van der Waals surface area contributed by atoms with Crippen LogP contribution in [0.15, 0.2) is 40.1 Å². The van der Waals surface area contributed by atoms with Crippen molar-refractivity contribution in [3.63, 3.8) is 0 Å². The maximum atomic E-state index is 15.1. The van der Waals surface area contributed by atoms with Crippen LogP contribution in [-0.4, -0.2) is 54.1 Å². The zero-order valence-corrected chi connectivity index (χ0v) is 17.6. The highest BCUT2D eigenvalue weighted by molar-refractivity contribution is 7.46. The maximum Gasteiger partial charge on any atom is 0.470 e. The monoisotopic (exact) mass is 497 g/mol. The molecule has 2 heterocycles. The summed E-state index contributed by atoms with van der Waals surface area (Å²) in [6.07, 6.45) is -7.12. The Morgan fingerprint density at radius 2 is 1.75 bits per heavy atom.